The van der Waals surface area contributed by atoms with E-state index >= 15 is 0 Å². The molecule has 1 atom stereocenters. The number of hydrogen-bond donors (Lipinski definition) is 0. The fourth-order valence-electron chi connectivity index (χ4n) is 3.46. The fourth-order valence-corrected chi connectivity index (χ4v) is 3.46. The molecule has 0 aromatic heterocycles. The molecule has 0 spiro atoms. The topological polar surface area (TPSA) is 0 Å². The van der Waals surface area contributed by atoms with Crippen molar-refractivity contribution in [1.29, 1.82) is 0 Å². The van der Waals surface area contributed by atoms with E-state index in [1.54, 1.807) is 0 Å². The molecule has 0 aromatic carbocycles. The lowest BCUT2D eigenvalue weighted by atomic mass is 9.87. The first-order chi connectivity index (χ1) is 17.2. The van der Waals surface area contributed by atoms with Gasteiger partial charge in [-0.25, -0.2) is 0 Å². The molecule has 0 aromatic rings. The van der Waals surface area contributed by atoms with Crippen molar-refractivity contribution in [3.05, 3.63) is 0 Å². The van der Waals surface area contributed by atoms with E-state index in [0.29, 0.717) is 18.8 Å². The Morgan fingerprint density at radius 2 is 0.718 bits per heavy atom. The van der Waals surface area contributed by atoms with Crippen LogP contribution in [0.2, 0.25) is 0 Å². The van der Waals surface area contributed by atoms with Gasteiger partial charge in [0.05, 0.1) is 0 Å². The predicted octanol–water partition coefficient (Wildman–Crippen LogP) is 10.9. The molecule has 0 heterocycles. The highest BCUT2D eigenvalue weighted by molar-refractivity contribution is 5.15. The van der Waals surface area contributed by atoms with E-state index < -0.39 is 60.5 Å². The van der Waals surface area contributed by atoms with E-state index in [-0.39, 0.29) is 12.8 Å². The minimum absolute atomic E-state index is 0.0936. The summed E-state index contributed by atoms with van der Waals surface area (Å²) in [7, 11) is 0. The van der Waals surface area contributed by atoms with Crippen LogP contribution in [0.25, 0.3) is 0 Å². The van der Waals surface area contributed by atoms with E-state index in [9.17, 15) is 74.6 Å². The predicted molar refractivity (Wildman–Crippen MR) is 106 cm³/mol. The Morgan fingerprint density at radius 3 is 1.08 bits per heavy atom. The SMILES string of the molecule is CCC(C)CCCCCCCCCCC(F)(F)C(F)(F)C(F)(F)C(F)(F)C(F)(F)C(F)(F)C(F)(F)C(F)(F)F. The van der Waals surface area contributed by atoms with Gasteiger partial charge in [0.15, 0.2) is 0 Å². The molecule has 236 valence electrons. The molecule has 0 nitrogen and oxygen atoms in total. The molecule has 0 aliphatic heterocycles. The van der Waals surface area contributed by atoms with E-state index in [0.717, 1.165) is 32.1 Å². The first-order valence-corrected chi connectivity index (χ1v) is 11.9. The van der Waals surface area contributed by atoms with E-state index in [2.05, 4.69) is 6.92 Å². The molecule has 0 aliphatic rings. The number of unbranched alkanes of at least 4 members (excludes halogenated alkanes) is 7. The van der Waals surface area contributed by atoms with Gasteiger partial charge >= 0.3 is 47.6 Å². The highest BCUT2D eigenvalue weighted by Gasteiger charge is 2.95. The molecular formula is C22H29F17. The molecule has 0 N–H and O–H groups in total. The Bertz CT molecular complexity index is 739. The Kier molecular flexibility index (Phi) is 12.4. The maximum absolute atomic E-state index is 13.8. The molecule has 0 radical (unpaired) electrons. The molecule has 39 heavy (non-hydrogen) atoms. The van der Waals surface area contributed by atoms with Crippen LogP contribution >= 0.6 is 0 Å². The summed E-state index contributed by atoms with van der Waals surface area (Å²) in [5, 5.41) is 0. The van der Waals surface area contributed by atoms with Crippen LogP contribution in [0.15, 0.2) is 0 Å². The summed E-state index contributed by atoms with van der Waals surface area (Å²) in [5.74, 6) is -55.2. The molecule has 0 fully saturated rings. The average molecular weight is 616 g/mol. The molecule has 0 amide bonds. The van der Waals surface area contributed by atoms with Crippen molar-refractivity contribution >= 4 is 0 Å². The van der Waals surface area contributed by atoms with Crippen molar-refractivity contribution in [2.45, 2.75) is 132 Å². The van der Waals surface area contributed by atoms with Crippen LogP contribution in [-0.2, 0) is 0 Å². The van der Waals surface area contributed by atoms with Gasteiger partial charge in [0.25, 0.3) is 0 Å². The van der Waals surface area contributed by atoms with Gasteiger partial charge in [0, 0.05) is 6.42 Å². The van der Waals surface area contributed by atoms with E-state index in [4.69, 9.17) is 0 Å². The minimum atomic E-state index is -8.57. The van der Waals surface area contributed by atoms with Gasteiger partial charge in [0.2, 0.25) is 0 Å². The zero-order valence-electron chi connectivity index (χ0n) is 20.8. The first kappa shape index (κ1) is 37.8. The van der Waals surface area contributed by atoms with E-state index in [1.807, 2.05) is 6.92 Å². The van der Waals surface area contributed by atoms with Crippen LogP contribution in [0.1, 0.15) is 84.5 Å². The van der Waals surface area contributed by atoms with Crippen molar-refractivity contribution in [1.82, 2.24) is 0 Å². The van der Waals surface area contributed by atoms with Gasteiger partial charge in [-0.3, -0.25) is 0 Å². The summed E-state index contributed by atoms with van der Waals surface area (Å²) in [5.41, 5.74) is 0. The summed E-state index contributed by atoms with van der Waals surface area (Å²) in [6.07, 6.45) is -5.92. The molecule has 0 saturated carbocycles. The van der Waals surface area contributed by atoms with Crippen LogP contribution in [0.5, 0.6) is 0 Å². The van der Waals surface area contributed by atoms with Gasteiger partial charge in [0.1, 0.15) is 0 Å². The molecule has 0 rings (SSSR count). The molecule has 0 saturated heterocycles. The largest absolute Gasteiger partial charge is 0.460 e. The van der Waals surface area contributed by atoms with Crippen molar-refractivity contribution in [2.75, 3.05) is 0 Å². The zero-order chi connectivity index (χ0) is 31.4. The van der Waals surface area contributed by atoms with Crippen LogP contribution < -0.4 is 0 Å². The monoisotopic (exact) mass is 616 g/mol. The smallest absolute Gasteiger partial charge is 0.200 e. The summed E-state index contributed by atoms with van der Waals surface area (Å²) in [6, 6.07) is 0. The fraction of sp³-hybridized carbons (Fsp3) is 1.00. The Morgan fingerprint density at radius 1 is 0.410 bits per heavy atom. The third kappa shape index (κ3) is 7.37. The Labute approximate surface area is 213 Å². The van der Waals surface area contributed by atoms with Crippen LogP contribution in [0, 0.1) is 5.92 Å². The van der Waals surface area contributed by atoms with Gasteiger partial charge in [-0.2, -0.15) is 74.6 Å². The second-order valence-corrected chi connectivity index (χ2v) is 9.53. The van der Waals surface area contributed by atoms with Crippen molar-refractivity contribution in [3.63, 3.8) is 0 Å². The van der Waals surface area contributed by atoms with Crippen LogP contribution in [0.3, 0.4) is 0 Å². The normalized spacial score (nSPS) is 16.1. The maximum Gasteiger partial charge on any atom is 0.460 e. The average Bonchev–Trinajstić information content (AvgIpc) is 2.78. The van der Waals surface area contributed by atoms with Gasteiger partial charge in [-0.1, -0.05) is 71.6 Å². The summed E-state index contributed by atoms with van der Waals surface area (Å²) >= 11 is 0. The van der Waals surface area contributed by atoms with Gasteiger partial charge in [-0.15, -0.1) is 0 Å². The highest BCUT2D eigenvalue weighted by atomic mass is 19.4. The van der Waals surface area contributed by atoms with Gasteiger partial charge < -0.3 is 0 Å². The molecular weight excluding hydrogens is 587 g/mol. The summed E-state index contributed by atoms with van der Waals surface area (Å²) < 4.78 is 225. The summed E-state index contributed by atoms with van der Waals surface area (Å²) in [4.78, 5) is 0. The third-order valence-electron chi connectivity index (χ3n) is 6.42. The lowest BCUT2D eigenvalue weighted by Crippen LogP contribution is -2.74. The van der Waals surface area contributed by atoms with E-state index in [1.165, 1.54) is 0 Å². The minimum Gasteiger partial charge on any atom is -0.200 e. The second-order valence-electron chi connectivity index (χ2n) is 9.53. The number of alkyl halides is 17. The lowest BCUT2D eigenvalue weighted by Gasteiger charge is -2.42. The third-order valence-corrected chi connectivity index (χ3v) is 6.42. The Hall–Kier alpha value is -1.19. The van der Waals surface area contributed by atoms with Crippen LogP contribution in [0.4, 0.5) is 74.6 Å². The maximum atomic E-state index is 13.8. The first-order valence-electron chi connectivity index (χ1n) is 11.9. The quantitative estimate of drug-likeness (QED) is 0.106. The van der Waals surface area contributed by atoms with Crippen molar-refractivity contribution in [3.8, 4) is 0 Å². The highest BCUT2D eigenvalue weighted by Crippen LogP contribution is 2.64. The van der Waals surface area contributed by atoms with Crippen molar-refractivity contribution < 1.29 is 74.6 Å². The van der Waals surface area contributed by atoms with Gasteiger partial charge in [-0.05, 0) is 12.3 Å². The lowest BCUT2D eigenvalue weighted by molar-refractivity contribution is -0.461. The summed E-state index contributed by atoms with van der Waals surface area (Å²) in [6.45, 7) is 4.08. The number of halogens is 17. The molecule has 17 heteroatoms. The molecule has 0 aliphatic carbocycles. The Balaban J connectivity index is 5.39. The molecule has 1 unspecified atom stereocenters. The second kappa shape index (κ2) is 12.8. The van der Waals surface area contributed by atoms with Crippen molar-refractivity contribution in [2.24, 2.45) is 5.92 Å². The number of rotatable bonds is 18. The van der Waals surface area contributed by atoms with Crippen LogP contribution in [-0.4, -0.2) is 47.6 Å². The standard InChI is InChI=1S/C22H29F17/c1-3-14(2)12-10-8-6-4-5-7-9-11-13-15(23,24)16(25,26)17(27,28)18(29,30)19(31,32)20(33,34)21(35,36)22(37,38)39/h14H,3-13H2,1-2H3. The number of hydrogen-bond acceptors (Lipinski definition) is 0. The zero-order valence-corrected chi connectivity index (χ0v) is 20.8. The molecule has 0 bridgehead atoms.